The minimum Gasteiger partial charge on any atom is -0.462 e. The van der Waals surface area contributed by atoms with E-state index in [1.54, 1.807) is 36.7 Å². The lowest BCUT2D eigenvalue weighted by atomic mass is 10.0. The number of rotatable bonds is 10. The number of hydrogen-bond donors (Lipinski definition) is 1. The molecule has 1 unspecified atom stereocenters. The number of halogens is 1. The van der Waals surface area contributed by atoms with Gasteiger partial charge in [0.1, 0.15) is 19.0 Å². The van der Waals surface area contributed by atoms with Gasteiger partial charge < -0.3 is 19.4 Å². The lowest BCUT2D eigenvalue weighted by Gasteiger charge is -2.22. The summed E-state index contributed by atoms with van der Waals surface area (Å²) < 4.78 is 26.6. The smallest absolute Gasteiger partial charge is 0.308 e. The van der Waals surface area contributed by atoms with Gasteiger partial charge in [0, 0.05) is 37.6 Å². The monoisotopic (exact) mass is 439 g/mol. The zero-order valence-corrected chi connectivity index (χ0v) is 18.1. The molecular weight excluding hydrogens is 413 g/mol. The minimum absolute atomic E-state index is 0.000884. The van der Waals surface area contributed by atoms with Crippen LogP contribution in [0.1, 0.15) is 30.5 Å². The topological polar surface area (TPSA) is 82.5 Å². The van der Waals surface area contributed by atoms with E-state index in [-0.39, 0.29) is 25.5 Å². The van der Waals surface area contributed by atoms with E-state index in [4.69, 9.17) is 9.47 Å². The van der Waals surface area contributed by atoms with Crippen molar-refractivity contribution in [3.05, 3.63) is 78.0 Å². The van der Waals surface area contributed by atoms with E-state index in [0.717, 1.165) is 11.1 Å². The summed E-state index contributed by atoms with van der Waals surface area (Å²) in [7, 11) is 1.83. The fourth-order valence-electron chi connectivity index (χ4n) is 3.49. The zero-order chi connectivity index (χ0) is 22.9. The lowest BCUT2D eigenvalue weighted by Crippen LogP contribution is -2.19. The van der Waals surface area contributed by atoms with Gasteiger partial charge in [-0.25, -0.2) is 4.39 Å². The number of pyridine rings is 1. The number of carbonyl (C=O) groups excluding carboxylic acids is 2. The first kappa shape index (κ1) is 23.1. The normalized spacial score (nSPS) is 11.7. The predicted octanol–water partition coefficient (Wildman–Crippen LogP) is 3.49. The number of carbonyl (C=O) groups is 2. The van der Waals surface area contributed by atoms with Gasteiger partial charge in [-0.3, -0.25) is 14.6 Å². The second-order valence-electron chi connectivity index (χ2n) is 7.22. The standard InChI is InChI=1S/C24H26FN3O4/c1-17(29)31-10-11-32-24(30)13-22(19-6-5-9-27-15-19)28-16-18(14-26-2)12-23(28)20-7-3-4-8-21(20)25/h3-9,12,15-16,22,26H,10-11,13-14H2,1-2H3. The van der Waals surface area contributed by atoms with Crippen LogP contribution in [-0.2, 0) is 25.6 Å². The summed E-state index contributed by atoms with van der Waals surface area (Å²) >= 11 is 0. The molecule has 0 amide bonds. The summed E-state index contributed by atoms with van der Waals surface area (Å²) in [5.41, 5.74) is 2.82. The highest BCUT2D eigenvalue weighted by Gasteiger charge is 2.23. The molecule has 7 nitrogen and oxygen atoms in total. The lowest BCUT2D eigenvalue weighted by molar-refractivity contribution is -0.151. The molecule has 3 aromatic rings. The van der Waals surface area contributed by atoms with Gasteiger partial charge in [0.25, 0.3) is 0 Å². The molecule has 0 spiro atoms. The third-order valence-electron chi connectivity index (χ3n) is 4.85. The highest BCUT2D eigenvalue weighted by Crippen LogP contribution is 2.32. The van der Waals surface area contributed by atoms with Crippen LogP contribution in [-0.4, -0.2) is 41.8 Å². The van der Waals surface area contributed by atoms with Crippen molar-refractivity contribution >= 4 is 11.9 Å². The van der Waals surface area contributed by atoms with Crippen LogP contribution in [0.2, 0.25) is 0 Å². The second-order valence-corrected chi connectivity index (χ2v) is 7.22. The first-order valence-electron chi connectivity index (χ1n) is 10.3. The summed E-state index contributed by atoms with van der Waals surface area (Å²) in [4.78, 5) is 27.7. The van der Waals surface area contributed by atoms with E-state index in [9.17, 15) is 14.0 Å². The number of nitrogens with one attached hydrogen (secondary N) is 1. The van der Waals surface area contributed by atoms with Crippen LogP contribution in [0.15, 0.2) is 61.1 Å². The molecule has 0 aliphatic rings. The van der Waals surface area contributed by atoms with Crippen LogP contribution in [0.25, 0.3) is 11.3 Å². The van der Waals surface area contributed by atoms with Gasteiger partial charge in [-0.1, -0.05) is 18.2 Å². The first-order valence-corrected chi connectivity index (χ1v) is 10.3. The Morgan fingerprint density at radius 3 is 2.62 bits per heavy atom. The minimum atomic E-state index is -0.467. The van der Waals surface area contributed by atoms with Gasteiger partial charge in [-0.2, -0.15) is 0 Å². The molecule has 0 saturated heterocycles. The number of aromatic nitrogens is 2. The van der Waals surface area contributed by atoms with Crippen LogP contribution in [0.3, 0.4) is 0 Å². The molecule has 2 aromatic heterocycles. The molecule has 8 heteroatoms. The van der Waals surface area contributed by atoms with Crippen molar-refractivity contribution in [1.29, 1.82) is 0 Å². The molecule has 32 heavy (non-hydrogen) atoms. The van der Waals surface area contributed by atoms with E-state index >= 15 is 0 Å². The number of ether oxygens (including phenoxy) is 2. The maximum absolute atomic E-state index is 14.7. The molecule has 0 aliphatic heterocycles. The van der Waals surface area contributed by atoms with Crippen molar-refractivity contribution < 1.29 is 23.5 Å². The van der Waals surface area contributed by atoms with Gasteiger partial charge in [0.15, 0.2) is 0 Å². The molecule has 0 radical (unpaired) electrons. The van der Waals surface area contributed by atoms with Gasteiger partial charge in [-0.15, -0.1) is 0 Å². The molecule has 1 aromatic carbocycles. The Labute approximate surface area is 186 Å². The zero-order valence-electron chi connectivity index (χ0n) is 18.1. The summed E-state index contributed by atoms with van der Waals surface area (Å²) in [5.74, 6) is -1.25. The summed E-state index contributed by atoms with van der Waals surface area (Å²) in [5, 5.41) is 3.10. The molecule has 0 saturated carbocycles. The van der Waals surface area contributed by atoms with Gasteiger partial charge >= 0.3 is 11.9 Å². The van der Waals surface area contributed by atoms with E-state index in [0.29, 0.717) is 17.8 Å². The Hall–Kier alpha value is -3.52. The SMILES string of the molecule is CNCc1cc(-c2ccccc2F)n(C(CC(=O)OCCOC(C)=O)c2cccnc2)c1. The van der Waals surface area contributed by atoms with Crippen molar-refractivity contribution in [3.8, 4) is 11.3 Å². The Morgan fingerprint density at radius 1 is 1.16 bits per heavy atom. The Balaban J connectivity index is 1.95. The van der Waals surface area contributed by atoms with Gasteiger partial charge in [0.05, 0.1) is 18.2 Å². The second kappa shape index (κ2) is 11.2. The van der Waals surface area contributed by atoms with E-state index in [2.05, 4.69) is 10.3 Å². The third kappa shape index (κ3) is 6.01. The van der Waals surface area contributed by atoms with Crippen LogP contribution < -0.4 is 5.32 Å². The Kier molecular flexibility index (Phi) is 8.10. The van der Waals surface area contributed by atoms with Crippen molar-refractivity contribution in [2.24, 2.45) is 0 Å². The fraction of sp³-hybridized carbons (Fsp3) is 0.292. The summed E-state index contributed by atoms with van der Waals surface area (Å²) in [6.45, 7) is 1.84. The van der Waals surface area contributed by atoms with Crippen molar-refractivity contribution in [2.45, 2.75) is 25.9 Å². The molecule has 0 aliphatic carbocycles. The largest absolute Gasteiger partial charge is 0.462 e. The molecule has 168 valence electrons. The summed E-state index contributed by atoms with van der Waals surface area (Å²) in [6.07, 6.45) is 5.24. The molecule has 2 heterocycles. The first-order chi connectivity index (χ1) is 15.5. The van der Waals surface area contributed by atoms with E-state index in [1.165, 1.54) is 13.0 Å². The number of hydrogen-bond acceptors (Lipinski definition) is 6. The average molecular weight is 439 g/mol. The van der Waals surface area contributed by atoms with Crippen LogP contribution in [0, 0.1) is 5.82 Å². The van der Waals surface area contributed by atoms with Crippen molar-refractivity contribution in [1.82, 2.24) is 14.9 Å². The predicted molar refractivity (Wildman–Crippen MR) is 117 cm³/mol. The van der Waals surface area contributed by atoms with Gasteiger partial charge in [-0.05, 0) is 42.4 Å². The quantitative estimate of drug-likeness (QED) is 0.385. The highest BCUT2D eigenvalue weighted by molar-refractivity contribution is 5.71. The Morgan fingerprint density at radius 2 is 1.94 bits per heavy atom. The van der Waals surface area contributed by atoms with Crippen LogP contribution >= 0.6 is 0 Å². The molecule has 0 fully saturated rings. The maximum atomic E-state index is 14.7. The number of nitrogens with zero attached hydrogens (tertiary/aromatic N) is 2. The molecule has 1 N–H and O–H groups in total. The maximum Gasteiger partial charge on any atom is 0.308 e. The number of benzene rings is 1. The molecule has 0 bridgehead atoms. The van der Waals surface area contributed by atoms with Crippen molar-refractivity contribution in [3.63, 3.8) is 0 Å². The highest BCUT2D eigenvalue weighted by atomic mass is 19.1. The molecule has 3 rings (SSSR count). The van der Waals surface area contributed by atoms with Crippen LogP contribution in [0.4, 0.5) is 4.39 Å². The van der Waals surface area contributed by atoms with E-state index in [1.807, 2.05) is 29.9 Å². The number of esters is 2. The molecule has 1 atom stereocenters. The molecular formula is C24H26FN3O4. The average Bonchev–Trinajstić information content (AvgIpc) is 3.19. The summed E-state index contributed by atoms with van der Waals surface area (Å²) in [6, 6.07) is 11.6. The third-order valence-corrected chi connectivity index (χ3v) is 4.85. The van der Waals surface area contributed by atoms with Crippen molar-refractivity contribution in [2.75, 3.05) is 20.3 Å². The van der Waals surface area contributed by atoms with Crippen LogP contribution in [0.5, 0.6) is 0 Å². The fourth-order valence-corrected chi connectivity index (χ4v) is 3.49. The Bertz CT molecular complexity index is 1050. The van der Waals surface area contributed by atoms with E-state index < -0.39 is 18.0 Å². The van der Waals surface area contributed by atoms with Gasteiger partial charge in [0.2, 0.25) is 0 Å².